The van der Waals surface area contributed by atoms with Crippen LogP contribution in [0.3, 0.4) is 0 Å². The lowest BCUT2D eigenvalue weighted by Gasteiger charge is -2.32. The van der Waals surface area contributed by atoms with Crippen molar-refractivity contribution in [3.05, 3.63) is 11.9 Å². The Balaban J connectivity index is 2.40. The van der Waals surface area contributed by atoms with Gasteiger partial charge in [0.25, 0.3) is 0 Å². The van der Waals surface area contributed by atoms with Crippen LogP contribution >= 0.6 is 0 Å². The van der Waals surface area contributed by atoms with Crippen LogP contribution in [-0.2, 0) is 19.6 Å². The number of H-pyrrole nitrogens is 1. The summed E-state index contributed by atoms with van der Waals surface area (Å²) in [5.41, 5.74) is 0.338. The van der Waals surface area contributed by atoms with E-state index in [0.29, 0.717) is 5.69 Å². The minimum atomic E-state index is -3.96. The molecule has 9 nitrogen and oxygen atoms in total. The van der Waals surface area contributed by atoms with Crippen LogP contribution in [0.25, 0.3) is 0 Å². The molecule has 1 fully saturated rings. The number of aromatic nitrogens is 2. The lowest BCUT2D eigenvalue weighted by Crippen LogP contribution is -2.57. The molecule has 0 spiro atoms. The van der Waals surface area contributed by atoms with E-state index in [1.165, 1.54) is 6.92 Å². The molecule has 1 aromatic rings. The van der Waals surface area contributed by atoms with Crippen LogP contribution in [0, 0.1) is 6.92 Å². The highest BCUT2D eigenvalue weighted by Crippen LogP contribution is 2.22. The molecule has 0 aliphatic carbocycles. The fourth-order valence-electron chi connectivity index (χ4n) is 2.07. The van der Waals surface area contributed by atoms with Crippen molar-refractivity contribution in [1.82, 2.24) is 19.8 Å². The molecule has 3 N–H and O–H groups in total. The Labute approximate surface area is 115 Å². The Morgan fingerprint density at radius 3 is 2.85 bits per heavy atom. The summed E-state index contributed by atoms with van der Waals surface area (Å²) in [5.74, 6) is -1.85. The highest BCUT2D eigenvalue weighted by atomic mass is 32.2. The number of hydrogen-bond donors (Lipinski definition) is 3. The SMILES string of the molecule is Cc1[nH]ncc1S(=O)(=O)N1CCNC(=O)C1CC(=O)O. The molecule has 2 rings (SSSR count). The number of hydrogen-bond acceptors (Lipinski definition) is 5. The van der Waals surface area contributed by atoms with Crippen molar-refractivity contribution in [2.45, 2.75) is 24.3 Å². The second-order valence-corrected chi connectivity index (χ2v) is 6.24. The zero-order chi connectivity index (χ0) is 14.9. The summed E-state index contributed by atoms with van der Waals surface area (Å²) in [4.78, 5) is 22.5. The Morgan fingerprint density at radius 2 is 2.30 bits per heavy atom. The van der Waals surface area contributed by atoms with Gasteiger partial charge in [0.15, 0.2) is 0 Å². The molecule has 1 saturated heterocycles. The third kappa shape index (κ3) is 2.51. The van der Waals surface area contributed by atoms with E-state index in [1.807, 2.05) is 0 Å². The first-order valence-corrected chi connectivity index (χ1v) is 7.29. The van der Waals surface area contributed by atoms with E-state index in [9.17, 15) is 18.0 Å². The molecule has 1 unspecified atom stereocenters. The average molecular weight is 302 g/mol. The van der Waals surface area contributed by atoms with Crippen LogP contribution in [0.4, 0.5) is 0 Å². The number of carbonyl (C=O) groups excluding carboxylic acids is 1. The van der Waals surface area contributed by atoms with Crippen molar-refractivity contribution < 1.29 is 23.1 Å². The minimum absolute atomic E-state index is 0.0244. The number of aliphatic carboxylic acids is 1. The second-order valence-electron chi connectivity index (χ2n) is 4.38. The molecule has 2 heterocycles. The number of aryl methyl sites for hydroxylation is 1. The second kappa shape index (κ2) is 5.21. The van der Waals surface area contributed by atoms with Gasteiger partial charge in [0.05, 0.1) is 18.3 Å². The normalized spacial score (nSPS) is 20.6. The molecule has 1 amide bonds. The molecule has 0 bridgehead atoms. The van der Waals surface area contributed by atoms with Gasteiger partial charge in [-0.25, -0.2) is 8.42 Å². The van der Waals surface area contributed by atoms with Gasteiger partial charge in [-0.05, 0) is 6.92 Å². The van der Waals surface area contributed by atoms with Crippen LogP contribution in [0.5, 0.6) is 0 Å². The summed E-state index contributed by atoms with van der Waals surface area (Å²) in [6.45, 7) is 1.71. The van der Waals surface area contributed by atoms with Crippen molar-refractivity contribution in [3.8, 4) is 0 Å². The van der Waals surface area contributed by atoms with Gasteiger partial charge < -0.3 is 10.4 Å². The molecule has 1 atom stereocenters. The number of sulfonamides is 1. The lowest BCUT2D eigenvalue weighted by atomic mass is 10.1. The van der Waals surface area contributed by atoms with Gasteiger partial charge in [-0.1, -0.05) is 0 Å². The summed E-state index contributed by atoms with van der Waals surface area (Å²) in [6.07, 6.45) is 0.566. The number of carboxylic acid groups (broad SMARTS) is 1. The number of rotatable bonds is 4. The van der Waals surface area contributed by atoms with Crippen molar-refractivity contribution in [3.63, 3.8) is 0 Å². The Bertz CT molecular complexity index is 638. The number of piperazine rings is 1. The molecule has 1 aliphatic rings. The molecule has 10 heteroatoms. The van der Waals surface area contributed by atoms with Crippen LogP contribution in [0.1, 0.15) is 12.1 Å². The van der Waals surface area contributed by atoms with Crippen LogP contribution in [-0.4, -0.2) is 59.0 Å². The third-order valence-electron chi connectivity index (χ3n) is 3.02. The zero-order valence-electron chi connectivity index (χ0n) is 10.7. The maximum Gasteiger partial charge on any atom is 0.305 e. The first-order valence-electron chi connectivity index (χ1n) is 5.85. The summed E-state index contributed by atoms with van der Waals surface area (Å²) < 4.78 is 25.9. The first kappa shape index (κ1) is 14.5. The van der Waals surface area contributed by atoms with Crippen molar-refractivity contribution >= 4 is 21.9 Å². The molecular formula is C10H14N4O5S. The van der Waals surface area contributed by atoms with Gasteiger partial charge in [0.1, 0.15) is 10.9 Å². The van der Waals surface area contributed by atoms with Crippen molar-refractivity contribution in [1.29, 1.82) is 0 Å². The number of nitrogens with zero attached hydrogens (tertiary/aromatic N) is 2. The van der Waals surface area contributed by atoms with E-state index in [0.717, 1.165) is 10.5 Å². The highest BCUT2D eigenvalue weighted by molar-refractivity contribution is 7.89. The Kier molecular flexibility index (Phi) is 3.77. The topological polar surface area (TPSA) is 132 Å². The molecule has 0 radical (unpaired) electrons. The average Bonchev–Trinajstić information content (AvgIpc) is 2.78. The summed E-state index contributed by atoms with van der Waals surface area (Å²) >= 11 is 0. The van der Waals surface area contributed by atoms with Crippen molar-refractivity contribution in [2.75, 3.05) is 13.1 Å². The van der Waals surface area contributed by atoms with Gasteiger partial charge in [0.2, 0.25) is 15.9 Å². The summed E-state index contributed by atoms with van der Waals surface area (Å²) in [7, 11) is -3.96. The number of carbonyl (C=O) groups is 2. The Morgan fingerprint density at radius 1 is 1.60 bits per heavy atom. The number of amides is 1. The number of carboxylic acids is 1. The largest absolute Gasteiger partial charge is 0.481 e. The highest BCUT2D eigenvalue weighted by Gasteiger charge is 2.40. The van der Waals surface area contributed by atoms with E-state index in [-0.39, 0.29) is 18.0 Å². The molecule has 0 saturated carbocycles. The predicted molar refractivity (Wildman–Crippen MR) is 66.3 cm³/mol. The van der Waals surface area contributed by atoms with Gasteiger partial charge >= 0.3 is 5.97 Å². The lowest BCUT2D eigenvalue weighted by molar-refractivity contribution is -0.141. The van der Waals surface area contributed by atoms with Gasteiger partial charge in [-0.3, -0.25) is 14.7 Å². The van der Waals surface area contributed by atoms with Crippen LogP contribution < -0.4 is 5.32 Å². The smallest absolute Gasteiger partial charge is 0.305 e. The zero-order valence-corrected chi connectivity index (χ0v) is 11.5. The van der Waals surface area contributed by atoms with Crippen LogP contribution in [0.15, 0.2) is 11.1 Å². The number of nitrogens with one attached hydrogen (secondary N) is 2. The molecule has 20 heavy (non-hydrogen) atoms. The standard InChI is InChI=1S/C10H14N4O5S/c1-6-8(5-12-13-6)20(18,19)14-3-2-11-10(17)7(14)4-9(15)16/h5,7H,2-4H2,1H3,(H,11,17)(H,12,13)(H,15,16). The van der Waals surface area contributed by atoms with Gasteiger partial charge in [0, 0.05) is 13.1 Å². The van der Waals surface area contributed by atoms with E-state index in [2.05, 4.69) is 15.5 Å². The van der Waals surface area contributed by atoms with Gasteiger partial charge in [-0.15, -0.1) is 0 Å². The van der Waals surface area contributed by atoms with E-state index < -0.39 is 34.4 Å². The maximum absolute atomic E-state index is 12.5. The van der Waals surface area contributed by atoms with Gasteiger partial charge in [-0.2, -0.15) is 9.40 Å². The third-order valence-corrected chi connectivity index (χ3v) is 5.04. The summed E-state index contributed by atoms with van der Waals surface area (Å²) in [5, 5.41) is 17.4. The van der Waals surface area contributed by atoms with E-state index in [4.69, 9.17) is 5.11 Å². The molecular weight excluding hydrogens is 288 g/mol. The fourth-order valence-corrected chi connectivity index (χ4v) is 3.78. The van der Waals surface area contributed by atoms with E-state index >= 15 is 0 Å². The molecule has 110 valence electrons. The van der Waals surface area contributed by atoms with Crippen molar-refractivity contribution in [2.24, 2.45) is 0 Å². The molecule has 0 aromatic carbocycles. The monoisotopic (exact) mass is 302 g/mol. The van der Waals surface area contributed by atoms with Crippen LogP contribution in [0.2, 0.25) is 0 Å². The quantitative estimate of drug-likeness (QED) is 0.632. The Hall–Kier alpha value is -1.94. The minimum Gasteiger partial charge on any atom is -0.481 e. The number of aromatic amines is 1. The molecule has 1 aromatic heterocycles. The predicted octanol–water partition coefficient (Wildman–Crippen LogP) is -1.32. The summed E-state index contributed by atoms with van der Waals surface area (Å²) in [6, 6.07) is -1.25. The molecule has 1 aliphatic heterocycles. The first-order chi connectivity index (χ1) is 9.34. The maximum atomic E-state index is 12.5. The van der Waals surface area contributed by atoms with E-state index in [1.54, 1.807) is 0 Å². The fraction of sp³-hybridized carbons (Fsp3) is 0.500.